The molecule has 2 rings (SSSR count). The molecule has 0 saturated carbocycles. The van der Waals surface area contributed by atoms with Crippen molar-refractivity contribution in [2.45, 2.75) is 29.4 Å². The number of nitrogens with two attached hydrogens (primary N) is 1. The Labute approximate surface area is 99.8 Å². The maximum absolute atomic E-state index is 11.7. The van der Waals surface area contributed by atoms with Crippen LogP contribution in [0.25, 0.3) is 0 Å². The second-order valence-corrected chi connectivity index (χ2v) is 5.24. The van der Waals surface area contributed by atoms with Gasteiger partial charge in [0.1, 0.15) is 0 Å². The Bertz CT molecular complexity index is 364. The highest BCUT2D eigenvalue weighted by Crippen LogP contribution is 2.28. The molecule has 0 aromatic heterocycles. The normalized spacial score (nSPS) is 21.2. The summed E-state index contributed by atoms with van der Waals surface area (Å²) in [6.07, 6.45) is 3.16. The smallest absolute Gasteiger partial charge is 0.233 e. The average Bonchev–Trinajstić information content (AvgIpc) is 2.48. The van der Waals surface area contributed by atoms with Gasteiger partial charge in [-0.3, -0.25) is 4.79 Å². The minimum atomic E-state index is 0.0473. The minimum absolute atomic E-state index is 0.0473. The van der Waals surface area contributed by atoms with Gasteiger partial charge in [0, 0.05) is 17.1 Å². The zero-order valence-electron chi connectivity index (χ0n) is 9.11. The first kappa shape index (κ1) is 11.3. The van der Waals surface area contributed by atoms with Gasteiger partial charge in [-0.05, 0) is 37.1 Å². The Morgan fingerprint density at radius 3 is 2.75 bits per heavy atom. The quantitative estimate of drug-likeness (QED) is 0.772. The predicted octanol–water partition coefficient (Wildman–Crippen LogP) is 2.03. The monoisotopic (exact) mass is 236 g/mol. The Morgan fingerprint density at radius 1 is 1.25 bits per heavy atom. The van der Waals surface area contributed by atoms with Crippen molar-refractivity contribution < 1.29 is 4.79 Å². The van der Waals surface area contributed by atoms with Crippen LogP contribution in [0.4, 0.5) is 5.69 Å². The zero-order chi connectivity index (χ0) is 11.4. The topological polar surface area (TPSA) is 55.1 Å². The summed E-state index contributed by atoms with van der Waals surface area (Å²) in [7, 11) is 0. The van der Waals surface area contributed by atoms with Gasteiger partial charge >= 0.3 is 0 Å². The molecule has 0 spiro atoms. The van der Waals surface area contributed by atoms with E-state index in [1.807, 2.05) is 24.3 Å². The molecule has 4 heteroatoms. The van der Waals surface area contributed by atoms with Gasteiger partial charge in [-0.15, -0.1) is 11.8 Å². The minimum Gasteiger partial charge on any atom is -0.399 e. The summed E-state index contributed by atoms with van der Waals surface area (Å²) in [5, 5.41) is 2.99. The summed E-state index contributed by atoms with van der Waals surface area (Å²) in [4.78, 5) is 12.8. The van der Waals surface area contributed by atoms with Crippen LogP contribution in [0.5, 0.6) is 0 Å². The third kappa shape index (κ3) is 2.92. The maximum Gasteiger partial charge on any atom is 0.233 e. The molecule has 1 aliphatic rings. The Balaban J connectivity index is 2.02. The van der Waals surface area contributed by atoms with E-state index in [2.05, 4.69) is 5.32 Å². The number of nitrogen functional groups attached to an aromatic ring is 1. The standard InChI is InChI=1S/C12H16N2OS/c13-9-4-6-10(7-5-9)16-11-3-1-2-8-14-12(11)15/h4-7,11H,1-3,8,13H2,(H,14,15). The van der Waals surface area contributed by atoms with E-state index >= 15 is 0 Å². The van der Waals surface area contributed by atoms with Gasteiger partial charge in [0.15, 0.2) is 0 Å². The summed E-state index contributed by atoms with van der Waals surface area (Å²) in [5.74, 6) is 0.166. The van der Waals surface area contributed by atoms with Crippen LogP contribution >= 0.6 is 11.8 Å². The number of amides is 1. The van der Waals surface area contributed by atoms with Gasteiger partial charge < -0.3 is 11.1 Å². The highest BCUT2D eigenvalue weighted by atomic mass is 32.2. The van der Waals surface area contributed by atoms with E-state index in [1.54, 1.807) is 11.8 Å². The van der Waals surface area contributed by atoms with Crippen LogP contribution < -0.4 is 11.1 Å². The van der Waals surface area contributed by atoms with Crippen molar-refractivity contribution in [3.05, 3.63) is 24.3 Å². The van der Waals surface area contributed by atoms with Crippen molar-refractivity contribution >= 4 is 23.4 Å². The van der Waals surface area contributed by atoms with E-state index < -0.39 is 0 Å². The number of nitrogens with one attached hydrogen (secondary N) is 1. The molecule has 3 N–H and O–H groups in total. The molecule has 3 nitrogen and oxygen atoms in total. The van der Waals surface area contributed by atoms with Crippen molar-refractivity contribution in [2.75, 3.05) is 12.3 Å². The first-order valence-corrected chi connectivity index (χ1v) is 6.43. The van der Waals surface area contributed by atoms with Gasteiger partial charge in [0.25, 0.3) is 0 Å². The van der Waals surface area contributed by atoms with E-state index in [9.17, 15) is 4.79 Å². The number of rotatable bonds is 2. The molecule has 1 aromatic carbocycles. The van der Waals surface area contributed by atoms with Crippen molar-refractivity contribution in [1.29, 1.82) is 0 Å². The fraction of sp³-hybridized carbons (Fsp3) is 0.417. The van der Waals surface area contributed by atoms with Crippen molar-refractivity contribution in [1.82, 2.24) is 5.32 Å². The molecule has 1 atom stereocenters. The lowest BCUT2D eigenvalue weighted by atomic mass is 10.2. The van der Waals surface area contributed by atoms with Crippen LogP contribution in [0.15, 0.2) is 29.2 Å². The predicted molar refractivity (Wildman–Crippen MR) is 67.4 cm³/mol. The molecule has 0 aliphatic carbocycles. The number of thioether (sulfide) groups is 1. The number of benzene rings is 1. The summed E-state index contributed by atoms with van der Waals surface area (Å²) in [6.45, 7) is 0.817. The first-order valence-electron chi connectivity index (χ1n) is 5.55. The maximum atomic E-state index is 11.7. The first-order chi connectivity index (χ1) is 7.75. The molecule has 16 heavy (non-hydrogen) atoms. The summed E-state index contributed by atoms with van der Waals surface area (Å²) >= 11 is 1.63. The summed E-state index contributed by atoms with van der Waals surface area (Å²) in [6, 6.07) is 7.68. The second-order valence-electron chi connectivity index (χ2n) is 3.96. The van der Waals surface area contributed by atoms with Gasteiger partial charge in [0.2, 0.25) is 5.91 Å². The van der Waals surface area contributed by atoms with Crippen molar-refractivity contribution in [2.24, 2.45) is 0 Å². The fourth-order valence-electron chi connectivity index (χ4n) is 1.73. The third-order valence-corrected chi connectivity index (χ3v) is 3.92. The van der Waals surface area contributed by atoms with Gasteiger partial charge in [-0.1, -0.05) is 6.42 Å². The van der Waals surface area contributed by atoms with Gasteiger partial charge in [0.05, 0.1) is 5.25 Å². The molecule has 1 amide bonds. The van der Waals surface area contributed by atoms with Crippen molar-refractivity contribution in [3.63, 3.8) is 0 Å². The largest absolute Gasteiger partial charge is 0.399 e. The highest BCUT2D eigenvalue weighted by molar-refractivity contribution is 8.00. The molecule has 86 valence electrons. The summed E-state index contributed by atoms with van der Waals surface area (Å²) < 4.78 is 0. The Kier molecular flexibility index (Phi) is 3.72. The molecule has 1 aliphatic heterocycles. The number of carbonyl (C=O) groups excluding carboxylic acids is 1. The lowest BCUT2D eigenvalue weighted by Crippen LogP contribution is -2.30. The van der Waals surface area contributed by atoms with Crippen LogP contribution in [0.2, 0.25) is 0 Å². The average molecular weight is 236 g/mol. The fourth-order valence-corrected chi connectivity index (χ4v) is 2.83. The van der Waals surface area contributed by atoms with Crippen LogP contribution in [0, 0.1) is 0 Å². The molecule has 1 heterocycles. The molecular weight excluding hydrogens is 220 g/mol. The van der Waals surface area contributed by atoms with E-state index in [0.29, 0.717) is 0 Å². The Hall–Kier alpha value is -1.16. The SMILES string of the molecule is Nc1ccc(SC2CCCCNC2=O)cc1. The van der Waals surface area contributed by atoms with E-state index in [0.717, 1.165) is 36.4 Å². The third-order valence-electron chi connectivity index (χ3n) is 2.64. The van der Waals surface area contributed by atoms with Crippen LogP contribution in [-0.2, 0) is 4.79 Å². The molecule has 1 unspecified atom stereocenters. The number of anilines is 1. The van der Waals surface area contributed by atoms with E-state index in [4.69, 9.17) is 5.73 Å². The van der Waals surface area contributed by atoms with Crippen LogP contribution in [0.3, 0.4) is 0 Å². The lowest BCUT2D eigenvalue weighted by molar-refractivity contribution is -0.120. The molecule has 1 fully saturated rings. The molecule has 0 radical (unpaired) electrons. The Morgan fingerprint density at radius 2 is 2.00 bits per heavy atom. The van der Waals surface area contributed by atoms with Crippen LogP contribution in [0.1, 0.15) is 19.3 Å². The van der Waals surface area contributed by atoms with Gasteiger partial charge in [-0.25, -0.2) is 0 Å². The lowest BCUT2D eigenvalue weighted by Gasteiger charge is -2.12. The highest BCUT2D eigenvalue weighted by Gasteiger charge is 2.21. The summed E-state index contributed by atoms with van der Waals surface area (Å²) in [5.41, 5.74) is 6.38. The molecule has 1 saturated heterocycles. The number of carbonyl (C=O) groups is 1. The number of hydrogen-bond donors (Lipinski definition) is 2. The van der Waals surface area contributed by atoms with Crippen LogP contribution in [-0.4, -0.2) is 17.7 Å². The number of hydrogen-bond acceptors (Lipinski definition) is 3. The second kappa shape index (κ2) is 5.25. The molecule has 0 bridgehead atoms. The molecule has 1 aromatic rings. The van der Waals surface area contributed by atoms with Crippen molar-refractivity contribution in [3.8, 4) is 0 Å². The van der Waals surface area contributed by atoms with E-state index in [1.165, 1.54) is 0 Å². The molecular formula is C12H16N2OS. The zero-order valence-corrected chi connectivity index (χ0v) is 9.93. The van der Waals surface area contributed by atoms with E-state index in [-0.39, 0.29) is 11.2 Å². The van der Waals surface area contributed by atoms with Gasteiger partial charge in [-0.2, -0.15) is 0 Å².